The number of likely N-dealkylation sites (N-methyl/N-ethyl adjacent to an activating group) is 1. The van der Waals surface area contributed by atoms with Crippen molar-refractivity contribution in [2.75, 3.05) is 95.6 Å². The number of alkyl carbamates (subject to hydrolysis) is 1. The van der Waals surface area contributed by atoms with E-state index in [4.69, 9.17) is 62.2 Å². The highest BCUT2D eigenvalue weighted by molar-refractivity contribution is 7.22. The number of pyridine rings is 1. The van der Waals surface area contributed by atoms with E-state index < -0.39 is 78.6 Å². The SMILES string of the molecule is COC(=O)[C@H]1O[C@@H](Oc2ccc(/C=C/COC(=O)N(C)CCOCCOCCOC34CC5(C)CC(C)(CC(Cn6ncc(-c7ccc(N8CCc9cccc(C(=O)Nc%10nc%11ccccc%11s%10)c9C8)nc7C(=O)O)c6C)(C5)C3)C4)cc2NC(=O)CCNC(=O)OCC2c3ccccc3-c3ccccc32)[C@H](OC(C)=O)[C@@H](OC(C)=O)[C@@H]1OC(C)=O. The molecule has 31 heteroatoms. The Morgan fingerprint density at radius 3 is 2.12 bits per heavy atom. The van der Waals surface area contributed by atoms with E-state index in [1.807, 2.05) is 120 Å². The minimum Gasteiger partial charge on any atom is -0.476 e. The van der Waals surface area contributed by atoms with Gasteiger partial charge in [-0.2, -0.15) is 5.10 Å². The number of nitrogens with one attached hydrogen (secondary N) is 3. The fourth-order valence-corrected chi connectivity index (χ4v) is 19.9. The van der Waals surface area contributed by atoms with Crippen molar-refractivity contribution in [3.63, 3.8) is 0 Å². The molecule has 4 amide bonds. The van der Waals surface area contributed by atoms with Crippen LogP contribution in [0.4, 0.5) is 26.2 Å². The maximum atomic E-state index is 13.8. The quantitative estimate of drug-likeness (QED) is 0.0173. The Morgan fingerprint density at radius 1 is 0.714 bits per heavy atom. The zero-order valence-electron chi connectivity index (χ0n) is 67.6. The lowest BCUT2D eigenvalue weighted by atomic mass is 9.39. The second kappa shape index (κ2) is 35.9. The molecule has 4 saturated carbocycles. The third-order valence-electron chi connectivity index (χ3n) is 22.8. The van der Waals surface area contributed by atoms with Gasteiger partial charge in [-0.25, -0.2) is 29.1 Å². The van der Waals surface area contributed by atoms with Crippen LogP contribution < -0.4 is 25.6 Å². The van der Waals surface area contributed by atoms with Gasteiger partial charge in [0, 0.05) is 95.3 Å². The second-order valence-electron chi connectivity index (χ2n) is 32.2. The number of methoxy groups -OCH3 is 1. The number of nitrogens with zero attached hydrogens (tertiary/aromatic N) is 6. The number of amides is 4. The number of carboxylic acid groups (broad SMARTS) is 1. The minimum atomic E-state index is -1.78. The molecule has 2 aliphatic heterocycles. The number of thiazole rings is 1. The molecule has 1 saturated heterocycles. The summed E-state index contributed by atoms with van der Waals surface area (Å²) in [5.74, 6) is -5.57. The summed E-state index contributed by atoms with van der Waals surface area (Å²) >= 11 is 1.41. The number of anilines is 3. The van der Waals surface area contributed by atoms with Crippen LogP contribution in [0, 0.1) is 23.2 Å². The molecule has 626 valence electrons. The fraction of sp³-hybridized carbons (Fsp3) is 0.432. The number of carbonyl (C=O) groups excluding carboxylic acids is 8. The minimum absolute atomic E-state index is 0.00821. The lowest BCUT2D eigenvalue weighted by Gasteiger charge is -2.69. The van der Waals surface area contributed by atoms with E-state index in [0.29, 0.717) is 79.1 Å². The molecule has 0 radical (unpaired) electrons. The van der Waals surface area contributed by atoms with E-state index in [1.54, 1.807) is 31.5 Å². The molecule has 30 nitrogen and oxygen atoms in total. The number of para-hydroxylation sites is 1. The first-order valence-corrected chi connectivity index (χ1v) is 40.6. The Kier molecular flexibility index (Phi) is 25.3. The van der Waals surface area contributed by atoms with Gasteiger partial charge in [0.25, 0.3) is 5.91 Å². The zero-order chi connectivity index (χ0) is 83.9. The van der Waals surface area contributed by atoms with Crippen LogP contribution in [0.2, 0.25) is 0 Å². The monoisotopic (exact) mass is 1650 g/mol. The summed E-state index contributed by atoms with van der Waals surface area (Å²) in [4.78, 5) is 131. The smallest absolute Gasteiger partial charge is 0.409 e. The van der Waals surface area contributed by atoms with E-state index in [0.717, 1.165) is 116 Å². The predicted octanol–water partition coefficient (Wildman–Crippen LogP) is 12.3. The van der Waals surface area contributed by atoms with E-state index in [2.05, 4.69) is 34.8 Å². The van der Waals surface area contributed by atoms with E-state index >= 15 is 0 Å². The molecule has 15 rings (SSSR count). The number of hydrogen-bond donors (Lipinski definition) is 4. The highest BCUT2D eigenvalue weighted by atomic mass is 32.1. The molecule has 0 spiro atoms. The van der Waals surface area contributed by atoms with Gasteiger partial charge < -0.3 is 77.6 Å². The van der Waals surface area contributed by atoms with Gasteiger partial charge in [0.1, 0.15) is 24.8 Å². The molecular weight excluding hydrogens is 1550 g/mol. The number of rotatable bonds is 32. The normalized spacial score (nSPS) is 22.6. The van der Waals surface area contributed by atoms with Gasteiger partial charge in [-0.05, 0) is 156 Å². The highest BCUT2D eigenvalue weighted by Crippen LogP contribution is 2.72. The number of ether oxygens (including phenoxy) is 11. The highest BCUT2D eigenvalue weighted by Gasteiger charge is 2.66. The van der Waals surface area contributed by atoms with Crippen molar-refractivity contribution in [3.05, 3.63) is 178 Å². The number of aromatic nitrogens is 4. The Labute approximate surface area is 691 Å². The summed E-state index contributed by atoms with van der Waals surface area (Å²) in [6, 6.07) is 37.5. The van der Waals surface area contributed by atoms with Crippen LogP contribution in [0.1, 0.15) is 140 Å². The molecule has 5 heterocycles. The molecule has 4 N–H and O–H groups in total. The molecule has 3 aromatic heterocycles. The Bertz CT molecular complexity index is 5120. The Balaban J connectivity index is 0.546. The average Bonchev–Trinajstić information content (AvgIpc) is 1.01. The summed E-state index contributed by atoms with van der Waals surface area (Å²) in [7, 11) is 2.62. The topological polar surface area (TPSA) is 362 Å². The maximum absolute atomic E-state index is 13.8. The largest absolute Gasteiger partial charge is 0.476 e. The van der Waals surface area contributed by atoms with Crippen molar-refractivity contribution >= 4 is 98.1 Å². The average molecular weight is 1650 g/mol. The van der Waals surface area contributed by atoms with Gasteiger partial charge in [-0.3, -0.25) is 34.0 Å². The van der Waals surface area contributed by atoms with Crippen LogP contribution in [-0.2, 0) is 90.9 Å². The van der Waals surface area contributed by atoms with Gasteiger partial charge in [-0.1, -0.05) is 110 Å². The third-order valence-corrected chi connectivity index (χ3v) is 23.7. The van der Waals surface area contributed by atoms with Crippen molar-refractivity contribution in [2.45, 2.75) is 148 Å². The van der Waals surface area contributed by atoms with E-state index in [9.17, 15) is 48.3 Å². The van der Waals surface area contributed by atoms with Crippen LogP contribution >= 0.6 is 11.3 Å². The van der Waals surface area contributed by atoms with Crippen molar-refractivity contribution in [3.8, 4) is 28.0 Å². The second-order valence-corrected chi connectivity index (χ2v) is 33.2. The van der Waals surface area contributed by atoms with Crippen LogP contribution in [0.5, 0.6) is 5.75 Å². The van der Waals surface area contributed by atoms with Crippen molar-refractivity contribution < 1.29 is 100 Å². The molecule has 5 aromatic carbocycles. The summed E-state index contributed by atoms with van der Waals surface area (Å²) < 4.78 is 66.9. The molecule has 7 aliphatic rings. The zero-order valence-corrected chi connectivity index (χ0v) is 68.4. The first-order chi connectivity index (χ1) is 57.2. The molecule has 5 aliphatic carbocycles. The van der Waals surface area contributed by atoms with Gasteiger partial charge in [-0.15, -0.1) is 0 Å². The number of benzene rings is 5. The standard InChI is InChI=1S/C88H97N9O21S/c1-52-64(62-27-29-71(93-73(62)79(103)104)96-33-31-57-18-15-23-63(65(57)43-96)78(102)94-82-92-67-24-13-14-25-70(67)119-82)42-90-97(52)51-87-46-85(5)45-86(6,47-87)49-88(48-85,50-87)113-40-39-110-38-37-109-36-34-95(7)84(107)111-35-16-17-56-26-28-69(117-81-77(116-55(4)100)75(115-54(3)99)74(114-53(2)98)76(118-81)80(105)108-8)68(41-56)91-72(101)30-32-89-83(106)112-44-66-60-21-11-9-19-58(60)59-20-10-12-22-61(59)66/h9-29,41-42,66,74-77,81H,30-40,43-51H2,1-8H3,(H,89,106)(H,91,101)(H,103,104)(H,92,94,102)/b17-16+/t74-,75-,76-,77+,81+,85?,86?,87?,88?/m0/s1. The van der Waals surface area contributed by atoms with Gasteiger partial charge in [0.2, 0.25) is 18.3 Å². The Hall–Kier alpha value is -11.6. The molecular formula is C88H97N9O21S. The van der Waals surface area contributed by atoms with Gasteiger partial charge in [0.05, 0.1) is 67.8 Å². The fourth-order valence-electron chi connectivity index (χ4n) is 19.1. The summed E-state index contributed by atoms with van der Waals surface area (Å²) in [5.41, 5.74) is 9.47. The van der Waals surface area contributed by atoms with Crippen LogP contribution in [-0.4, -0.2) is 200 Å². The first-order valence-electron chi connectivity index (χ1n) is 39.7. The number of esters is 4. The summed E-state index contributed by atoms with van der Waals surface area (Å²) in [5, 5.41) is 24.6. The van der Waals surface area contributed by atoms with E-state index in [-0.39, 0.29) is 96.7 Å². The van der Waals surface area contributed by atoms with Gasteiger partial charge >= 0.3 is 42.0 Å². The van der Waals surface area contributed by atoms with Crippen LogP contribution in [0.3, 0.4) is 0 Å². The summed E-state index contributed by atoms with van der Waals surface area (Å²) in [6.07, 6.45) is 1.23. The molecule has 2 unspecified atom stereocenters. The van der Waals surface area contributed by atoms with E-state index in [1.165, 1.54) is 28.4 Å². The number of fused-ring (bicyclic) bond motifs is 5. The first kappa shape index (κ1) is 83.8. The maximum Gasteiger partial charge on any atom is 0.409 e. The van der Waals surface area contributed by atoms with Crippen molar-refractivity contribution in [2.24, 2.45) is 16.2 Å². The number of carboxylic acids is 1. The van der Waals surface area contributed by atoms with Crippen molar-refractivity contribution in [1.29, 1.82) is 0 Å². The molecule has 7 atom stereocenters. The Morgan fingerprint density at radius 2 is 1.40 bits per heavy atom. The number of aromatic carboxylic acids is 1. The summed E-state index contributed by atoms with van der Waals surface area (Å²) in [6.45, 7) is 13.0. The predicted molar refractivity (Wildman–Crippen MR) is 436 cm³/mol. The van der Waals surface area contributed by atoms with Gasteiger partial charge in [0.15, 0.2) is 29.1 Å². The third kappa shape index (κ3) is 19.2. The lowest BCUT2D eigenvalue weighted by molar-refractivity contribution is -0.282. The number of hydrogen-bond acceptors (Lipinski definition) is 25. The van der Waals surface area contributed by atoms with Crippen LogP contribution in [0.25, 0.3) is 38.5 Å². The number of carbonyl (C=O) groups is 9. The van der Waals surface area contributed by atoms with Crippen LogP contribution in [0.15, 0.2) is 134 Å². The molecule has 4 bridgehead atoms. The van der Waals surface area contributed by atoms with Crippen molar-refractivity contribution in [1.82, 2.24) is 30.0 Å². The molecule has 5 fully saturated rings. The molecule has 119 heavy (non-hydrogen) atoms. The lowest BCUT2D eigenvalue weighted by Crippen LogP contribution is -2.64. The molecule has 8 aromatic rings.